The highest BCUT2D eigenvalue weighted by molar-refractivity contribution is 5.96. The summed E-state index contributed by atoms with van der Waals surface area (Å²) in [6.07, 6.45) is 3.09. The number of carbonyl (C=O) groups excluding carboxylic acids is 2. The van der Waals surface area contributed by atoms with E-state index in [0.717, 1.165) is 22.5 Å². The molecular weight excluding hydrogens is 406 g/mol. The van der Waals surface area contributed by atoms with Gasteiger partial charge in [0.15, 0.2) is 5.69 Å². The van der Waals surface area contributed by atoms with Gasteiger partial charge in [-0.1, -0.05) is 48.5 Å². The van der Waals surface area contributed by atoms with E-state index in [2.05, 4.69) is 15.3 Å². The predicted octanol–water partition coefficient (Wildman–Crippen LogP) is 3.59. The lowest BCUT2D eigenvalue weighted by atomic mass is 9.87. The van der Waals surface area contributed by atoms with Crippen LogP contribution in [-0.2, 0) is 9.53 Å². The highest BCUT2D eigenvalue weighted by atomic mass is 16.5. The van der Waals surface area contributed by atoms with E-state index in [4.69, 9.17) is 9.84 Å². The third kappa shape index (κ3) is 3.41. The molecule has 8 heteroatoms. The molecule has 158 valence electrons. The van der Waals surface area contributed by atoms with E-state index in [9.17, 15) is 9.59 Å². The molecule has 1 atom stereocenters. The van der Waals surface area contributed by atoms with Crippen LogP contribution in [0.15, 0.2) is 73.1 Å². The van der Waals surface area contributed by atoms with Crippen LogP contribution in [0.1, 0.15) is 34.1 Å². The van der Waals surface area contributed by atoms with Crippen LogP contribution in [0, 0.1) is 0 Å². The fraction of sp³-hybridized carbons (Fsp3) is 0.125. The molecule has 0 aliphatic carbocycles. The highest BCUT2D eigenvalue weighted by Gasteiger charge is 2.35. The number of nitrogens with zero attached hydrogens (tertiary/aromatic N) is 4. The normalized spacial score (nSPS) is 15.0. The number of carbonyl (C=O) groups is 2. The summed E-state index contributed by atoms with van der Waals surface area (Å²) in [6, 6.07) is 19.4. The van der Waals surface area contributed by atoms with E-state index in [-0.39, 0.29) is 23.9 Å². The number of para-hydroxylation sites is 1. The van der Waals surface area contributed by atoms with Gasteiger partial charge in [0.05, 0.1) is 36.6 Å². The Morgan fingerprint density at radius 1 is 1.03 bits per heavy atom. The van der Waals surface area contributed by atoms with Gasteiger partial charge < -0.3 is 10.1 Å². The molecule has 0 saturated heterocycles. The number of ether oxygens (including phenoxy) is 1. The van der Waals surface area contributed by atoms with E-state index in [1.807, 2.05) is 60.7 Å². The van der Waals surface area contributed by atoms with Crippen molar-refractivity contribution in [1.29, 1.82) is 0 Å². The van der Waals surface area contributed by atoms with Gasteiger partial charge in [0.1, 0.15) is 5.82 Å². The van der Waals surface area contributed by atoms with Gasteiger partial charge in [-0.25, -0.2) is 14.5 Å². The number of anilines is 1. The number of rotatable bonds is 4. The van der Waals surface area contributed by atoms with Crippen molar-refractivity contribution >= 4 is 17.7 Å². The van der Waals surface area contributed by atoms with Crippen LogP contribution in [0.3, 0.4) is 0 Å². The number of hydrogen-bond donors (Lipinski definition) is 1. The zero-order valence-corrected chi connectivity index (χ0v) is 17.2. The largest absolute Gasteiger partial charge is 0.464 e. The SMILES string of the molecule is COC(=O)c1cnc(C2CC(=O)Nc3c2c(-c2ccccc2)nn3-c2ccccc2)cn1. The van der Waals surface area contributed by atoms with Gasteiger partial charge in [-0.15, -0.1) is 0 Å². The Bertz CT molecular complexity index is 1280. The Morgan fingerprint density at radius 2 is 1.75 bits per heavy atom. The third-order valence-corrected chi connectivity index (χ3v) is 5.39. The summed E-state index contributed by atoms with van der Waals surface area (Å²) in [5, 5.41) is 7.88. The molecule has 0 saturated carbocycles. The van der Waals surface area contributed by atoms with E-state index < -0.39 is 5.97 Å². The van der Waals surface area contributed by atoms with Crippen LogP contribution in [0.5, 0.6) is 0 Å². The summed E-state index contributed by atoms with van der Waals surface area (Å²) in [6.45, 7) is 0. The first kappa shape index (κ1) is 19.6. The Labute approximate surface area is 183 Å². The molecule has 0 radical (unpaired) electrons. The number of amides is 1. The fourth-order valence-electron chi connectivity index (χ4n) is 3.90. The smallest absolute Gasteiger partial charge is 0.358 e. The first-order chi connectivity index (χ1) is 15.7. The van der Waals surface area contributed by atoms with Gasteiger partial charge >= 0.3 is 5.97 Å². The topological polar surface area (TPSA) is 99.0 Å². The summed E-state index contributed by atoms with van der Waals surface area (Å²) in [4.78, 5) is 33.1. The van der Waals surface area contributed by atoms with Crippen LogP contribution in [0.4, 0.5) is 5.82 Å². The molecule has 1 aliphatic heterocycles. The lowest BCUT2D eigenvalue weighted by molar-refractivity contribution is -0.116. The van der Waals surface area contributed by atoms with Crippen molar-refractivity contribution < 1.29 is 14.3 Å². The number of aromatic nitrogens is 4. The van der Waals surface area contributed by atoms with Gasteiger partial charge in [-0.05, 0) is 12.1 Å². The van der Waals surface area contributed by atoms with E-state index in [0.29, 0.717) is 11.5 Å². The molecule has 5 rings (SSSR count). The summed E-state index contributed by atoms with van der Waals surface area (Å²) in [7, 11) is 1.29. The molecule has 1 N–H and O–H groups in total. The van der Waals surface area contributed by atoms with Crippen LogP contribution in [-0.4, -0.2) is 38.7 Å². The zero-order chi connectivity index (χ0) is 22.1. The molecule has 1 unspecified atom stereocenters. The number of methoxy groups -OCH3 is 1. The Morgan fingerprint density at radius 3 is 2.41 bits per heavy atom. The van der Waals surface area contributed by atoms with E-state index in [1.54, 1.807) is 4.68 Å². The summed E-state index contributed by atoms with van der Waals surface area (Å²) in [5.74, 6) is -0.466. The zero-order valence-electron chi connectivity index (χ0n) is 17.2. The maximum atomic E-state index is 12.7. The molecular formula is C24H19N5O3. The molecule has 32 heavy (non-hydrogen) atoms. The van der Waals surface area contributed by atoms with Gasteiger partial charge in [0.25, 0.3) is 0 Å². The average Bonchev–Trinajstić information content (AvgIpc) is 3.23. The highest BCUT2D eigenvalue weighted by Crippen LogP contribution is 2.43. The maximum Gasteiger partial charge on any atom is 0.358 e. The first-order valence-corrected chi connectivity index (χ1v) is 10.1. The quantitative estimate of drug-likeness (QED) is 0.502. The van der Waals surface area contributed by atoms with Crippen molar-refractivity contribution in [3.8, 4) is 16.9 Å². The number of hydrogen-bond acceptors (Lipinski definition) is 6. The Kier molecular flexibility index (Phi) is 4.95. The first-order valence-electron chi connectivity index (χ1n) is 10.1. The number of esters is 1. The fourth-order valence-corrected chi connectivity index (χ4v) is 3.90. The third-order valence-electron chi connectivity index (χ3n) is 5.39. The second-order valence-corrected chi connectivity index (χ2v) is 7.35. The molecule has 8 nitrogen and oxygen atoms in total. The summed E-state index contributed by atoms with van der Waals surface area (Å²) >= 11 is 0. The van der Waals surface area contributed by atoms with Crippen molar-refractivity contribution in [3.63, 3.8) is 0 Å². The van der Waals surface area contributed by atoms with Crippen molar-refractivity contribution in [2.75, 3.05) is 12.4 Å². The van der Waals surface area contributed by atoms with Gasteiger partial charge in [-0.3, -0.25) is 9.78 Å². The van der Waals surface area contributed by atoms with Crippen molar-refractivity contribution in [2.24, 2.45) is 0 Å². The number of fused-ring (bicyclic) bond motifs is 1. The van der Waals surface area contributed by atoms with E-state index in [1.165, 1.54) is 19.5 Å². The standard InChI is InChI=1S/C24H19N5O3/c1-32-24(31)19-14-25-18(13-26-19)17-12-20(30)27-23-21(17)22(15-8-4-2-5-9-15)28-29(23)16-10-6-3-7-11-16/h2-11,13-14,17H,12H2,1H3,(H,27,30). The maximum absolute atomic E-state index is 12.7. The second-order valence-electron chi connectivity index (χ2n) is 7.35. The lowest BCUT2D eigenvalue weighted by Gasteiger charge is -2.24. The molecule has 2 aromatic carbocycles. The summed E-state index contributed by atoms with van der Waals surface area (Å²) in [5.41, 5.74) is 4.07. The molecule has 4 aromatic rings. The monoisotopic (exact) mass is 425 g/mol. The van der Waals surface area contributed by atoms with Crippen LogP contribution in [0.2, 0.25) is 0 Å². The molecule has 0 spiro atoms. The van der Waals surface area contributed by atoms with Gasteiger partial charge in [0.2, 0.25) is 5.91 Å². The molecule has 0 fully saturated rings. The van der Waals surface area contributed by atoms with Gasteiger partial charge in [-0.2, -0.15) is 5.10 Å². The molecule has 1 amide bonds. The molecule has 0 bridgehead atoms. The minimum atomic E-state index is -0.562. The van der Waals surface area contributed by atoms with Gasteiger partial charge in [0, 0.05) is 23.5 Å². The number of nitrogens with one attached hydrogen (secondary N) is 1. The summed E-state index contributed by atoms with van der Waals surface area (Å²) < 4.78 is 6.45. The minimum Gasteiger partial charge on any atom is -0.464 e. The van der Waals surface area contributed by atoms with Crippen molar-refractivity contribution in [3.05, 3.63) is 90.0 Å². The number of benzene rings is 2. The molecule has 1 aliphatic rings. The second kappa shape index (κ2) is 8.07. The van der Waals surface area contributed by atoms with E-state index >= 15 is 0 Å². The minimum absolute atomic E-state index is 0.111. The molecule has 3 heterocycles. The van der Waals surface area contributed by atoms with Crippen LogP contribution in [0.25, 0.3) is 16.9 Å². The van der Waals surface area contributed by atoms with Crippen LogP contribution < -0.4 is 5.32 Å². The lowest BCUT2D eigenvalue weighted by Crippen LogP contribution is -2.25. The average molecular weight is 425 g/mol. The Balaban J connectivity index is 1.70. The predicted molar refractivity (Wildman–Crippen MR) is 117 cm³/mol. The molecule has 2 aromatic heterocycles. The van der Waals surface area contributed by atoms with Crippen molar-refractivity contribution in [2.45, 2.75) is 12.3 Å². The van der Waals surface area contributed by atoms with Crippen molar-refractivity contribution in [1.82, 2.24) is 19.7 Å². The van der Waals surface area contributed by atoms with Crippen LogP contribution >= 0.6 is 0 Å². The Hall–Kier alpha value is -4.33.